The largest absolute Gasteiger partial charge is 0.456 e. The van der Waals surface area contributed by atoms with E-state index < -0.39 is 0 Å². The van der Waals surface area contributed by atoms with E-state index >= 15 is 0 Å². The molecule has 1 aliphatic carbocycles. The quantitative estimate of drug-likeness (QED) is 0.161. The molecule has 0 saturated carbocycles. The van der Waals surface area contributed by atoms with Gasteiger partial charge in [0.25, 0.3) is 0 Å². The summed E-state index contributed by atoms with van der Waals surface area (Å²) < 4.78 is 6.45. The molecular formula is C57H41NO. The first-order valence-corrected chi connectivity index (χ1v) is 20.4. The maximum absolute atomic E-state index is 6.45. The van der Waals surface area contributed by atoms with E-state index in [4.69, 9.17) is 4.42 Å². The van der Waals surface area contributed by atoms with Gasteiger partial charge in [0.15, 0.2) is 0 Å². The van der Waals surface area contributed by atoms with Crippen LogP contribution in [0, 0.1) is 0 Å². The molecule has 0 saturated heterocycles. The van der Waals surface area contributed by atoms with E-state index in [2.05, 4.69) is 225 Å². The molecule has 1 aromatic heterocycles. The van der Waals surface area contributed by atoms with Crippen molar-refractivity contribution in [2.45, 2.75) is 19.3 Å². The summed E-state index contributed by atoms with van der Waals surface area (Å²) in [5.41, 5.74) is 19.8. The van der Waals surface area contributed by atoms with E-state index in [0.717, 1.165) is 55.7 Å². The molecule has 59 heavy (non-hydrogen) atoms. The standard InChI is InChI=1S/C57H41NO/c1-57(2)50-22-12-9-20-47(50)48-34-33-44(37-51(48)57)58(52-23-13-10-19-45(52)40-17-7-4-8-18-40)43-31-29-41(30-32-43)46-35-36-54-56(49-21-11-14-24-53(49)59-54)55(46)42-27-25-39(26-28-42)38-15-5-3-6-16-38/h3-37H,1-2H3. The van der Waals surface area contributed by atoms with Crippen molar-refractivity contribution in [1.29, 1.82) is 0 Å². The average Bonchev–Trinajstić information content (AvgIpc) is 3.79. The van der Waals surface area contributed by atoms with Crippen LogP contribution in [0.25, 0.3) is 77.6 Å². The van der Waals surface area contributed by atoms with Crippen LogP contribution < -0.4 is 4.90 Å². The molecule has 1 heterocycles. The predicted octanol–water partition coefficient (Wildman–Crippen LogP) is 16.0. The molecule has 0 radical (unpaired) electrons. The van der Waals surface area contributed by atoms with E-state index in [0.29, 0.717) is 0 Å². The Morgan fingerprint density at radius 1 is 0.373 bits per heavy atom. The van der Waals surface area contributed by atoms with E-state index in [1.807, 2.05) is 6.07 Å². The topological polar surface area (TPSA) is 16.4 Å². The minimum Gasteiger partial charge on any atom is -0.456 e. The van der Waals surface area contributed by atoms with E-state index in [-0.39, 0.29) is 5.41 Å². The molecule has 280 valence electrons. The second kappa shape index (κ2) is 13.9. The Hall–Kier alpha value is -7.42. The van der Waals surface area contributed by atoms with Crippen molar-refractivity contribution in [3.63, 3.8) is 0 Å². The van der Waals surface area contributed by atoms with Crippen LogP contribution in [0.5, 0.6) is 0 Å². The van der Waals surface area contributed by atoms with Crippen molar-refractivity contribution in [2.75, 3.05) is 4.90 Å². The maximum Gasteiger partial charge on any atom is 0.136 e. The third-order valence-corrected chi connectivity index (χ3v) is 12.3. The van der Waals surface area contributed by atoms with Gasteiger partial charge in [-0.1, -0.05) is 184 Å². The molecular weight excluding hydrogens is 715 g/mol. The summed E-state index contributed by atoms with van der Waals surface area (Å²) in [6.45, 7) is 4.71. The van der Waals surface area contributed by atoms with Crippen molar-refractivity contribution in [3.05, 3.63) is 223 Å². The first-order chi connectivity index (χ1) is 29.0. The van der Waals surface area contributed by atoms with Gasteiger partial charge in [0.2, 0.25) is 0 Å². The first kappa shape index (κ1) is 34.8. The van der Waals surface area contributed by atoms with E-state index in [1.54, 1.807) is 0 Å². The van der Waals surface area contributed by atoms with Crippen LogP contribution in [0.1, 0.15) is 25.0 Å². The molecule has 1 aliphatic rings. The molecule has 0 bridgehead atoms. The summed E-state index contributed by atoms with van der Waals surface area (Å²) in [7, 11) is 0. The number of fused-ring (bicyclic) bond motifs is 6. The number of rotatable bonds is 7. The summed E-state index contributed by atoms with van der Waals surface area (Å²) >= 11 is 0. The third-order valence-electron chi connectivity index (χ3n) is 12.3. The zero-order chi connectivity index (χ0) is 39.5. The summed E-state index contributed by atoms with van der Waals surface area (Å²) in [5, 5.41) is 2.25. The van der Waals surface area contributed by atoms with Crippen LogP contribution in [0.15, 0.2) is 217 Å². The van der Waals surface area contributed by atoms with E-state index in [1.165, 1.54) is 50.1 Å². The normalized spacial score (nSPS) is 12.7. The van der Waals surface area contributed by atoms with Gasteiger partial charge < -0.3 is 9.32 Å². The molecule has 2 heteroatoms. The minimum absolute atomic E-state index is 0.123. The van der Waals surface area contributed by atoms with Gasteiger partial charge in [-0.2, -0.15) is 0 Å². The Bertz CT molecular complexity index is 3160. The van der Waals surface area contributed by atoms with Crippen molar-refractivity contribution in [3.8, 4) is 55.6 Å². The Balaban J connectivity index is 1.08. The number of hydrogen-bond donors (Lipinski definition) is 0. The molecule has 0 atom stereocenters. The predicted molar refractivity (Wildman–Crippen MR) is 248 cm³/mol. The lowest BCUT2D eigenvalue weighted by atomic mass is 9.82. The molecule has 2 nitrogen and oxygen atoms in total. The monoisotopic (exact) mass is 755 g/mol. The lowest BCUT2D eigenvalue weighted by Crippen LogP contribution is -2.16. The Morgan fingerprint density at radius 3 is 1.69 bits per heavy atom. The molecule has 0 amide bonds. The molecule has 0 aliphatic heterocycles. The fourth-order valence-corrected chi connectivity index (χ4v) is 9.40. The number of anilines is 3. The second-order valence-electron chi connectivity index (χ2n) is 16.1. The number of hydrogen-bond acceptors (Lipinski definition) is 2. The highest BCUT2D eigenvalue weighted by Crippen LogP contribution is 2.51. The van der Waals surface area contributed by atoms with Crippen LogP contribution >= 0.6 is 0 Å². The second-order valence-corrected chi connectivity index (χ2v) is 16.1. The van der Waals surface area contributed by atoms with Gasteiger partial charge in [0.05, 0.1) is 5.69 Å². The molecule has 0 fully saturated rings. The zero-order valence-corrected chi connectivity index (χ0v) is 33.1. The van der Waals surface area contributed by atoms with Gasteiger partial charge in [-0.25, -0.2) is 0 Å². The summed E-state index contributed by atoms with van der Waals surface area (Å²) in [5.74, 6) is 0. The first-order valence-electron chi connectivity index (χ1n) is 20.4. The molecule has 0 spiro atoms. The van der Waals surface area contributed by atoms with E-state index in [9.17, 15) is 0 Å². The van der Waals surface area contributed by atoms with Crippen molar-refractivity contribution in [1.82, 2.24) is 0 Å². The number of benzene rings is 9. The summed E-state index contributed by atoms with van der Waals surface area (Å²) in [4.78, 5) is 2.43. The fraction of sp³-hybridized carbons (Fsp3) is 0.0526. The minimum atomic E-state index is -0.123. The molecule has 11 rings (SSSR count). The van der Waals surface area contributed by atoms with Gasteiger partial charge in [-0.3, -0.25) is 0 Å². The van der Waals surface area contributed by atoms with Crippen LogP contribution in [0.2, 0.25) is 0 Å². The van der Waals surface area contributed by atoms with Crippen LogP contribution in [0.4, 0.5) is 17.1 Å². The van der Waals surface area contributed by atoms with Crippen LogP contribution in [0.3, 0.4) is 0 Å². The highest BCUT2D eigenvalue weighted by Gasteiger charge is 2.36. The smallest absolute Gasteiger partial charge is 0.136 e. The van der Waals surface area contributed by atoms with Crippen LogP contribution in [-0.2, 0) is 5.41 Å². The highest BCUT2D eigenvalue weighted by atomic mass is 16.3. The average molecular weight is 756 g/mol. The summed E-state index contributed by atoms with van der Waals surface area (Å²) in [6, 6.07) is 76.8. The molecule has 10 aromatic rings. The van der Waals surface area contributed by atoms with Gasteiger partial charge in [0.1, 0.15) is 11.2 Å². The van der Waals surface area contributed by atoms with Gasteiger partial charge in [-0.05, 0) is 98.1 Å². The van der Waals surface area contributed by atoms with Gasteiger partial charge in [0, 0.05) is 38.7 Å². The number of furan rings is 1. The zero-order valence-electron chi connectivity index (χ0n) is 33.1. The number of para-hydroxylation sites is 2. The molecule has 0 N–H and O–H groups in total. The molecule has 9 aromatic carbocycles. The Labute approximate surface area is 345 Å². The van der Waals surface area contributed by atoms with Gasteiger partial charge in [-0.15, -0.1) is 0 Å². The fourth-order valence-electron chi connectivity index (χ4n) is 9.40. The number of nitrogens with zero attached hydrogens (tertiary/aromatic N) is 1. The molecule has 0 unspecified atom stereocenters. The summed E-state index contributed by atoms with van der Waals surface area (Å²) in [6.07, 6.45) is 0. The third kappa shape index (κ3) is 5.79. The van der Waals surface area contributed by atoms with Crippen molar-refractivity contribution >= 4 is 39.0 Å². The lowest BCUT2D eigenvalue weighted by molar-refractivity contribution is 0.660. The Morgan fingerprint density at radius 2 is 0.915 bits per heavy atom. The maximum atomic E-state index is 6.45. The van der Waals surface area contributed by atoms with Gasteiger partial charge >= 0.3 is 0 Å². The SMILES string of the molecule is CC1(C)c2ccccc2-c2ccc(N(c3ccc(-c4ccc5oc6ccccc6c5c4-c4ccc(-c5ccccc5)cc4)cc3)c3ccccc3-c3ccccc3)cc21. The van der Waals surface area contributed by atoms with Crippen molar-refractivity contribution in [2.24, 2.45) is 0 Å². The van der Waals surface area contributed by atoms with Crippen LogP contribution in [-0.4, -0.2) is 0 Å². The lowest BCUT2D eigenvalue weighted by Gasteiger charge is -2.30. The Kier molecular flexibility index (Phi) is 8.20. The highest BCUT2D eigenvalue weighted by molar-refractivity contribution is 6.16. The van der Waals surface area contributed by atoms with Crippen molar-refractivity contribution < 1.29 is 4.42 Å².